The average Bonchev–Trinajstić information content (AvgIpc) is 3.02. The van der Waals surface area contributed by atoms with Crippen LogP contribution in [-0.4, -0.2) is 21.2 Å². The Kier molecular flexibility index (Phi) is 5.02. The maximum Gasteiger partial charge on any atom is 0.277 e. The second-order valence-electron chi connectivity index (χ2n) is 5.32. The normalized spacial score (nSPS) is 12.1. The summed E-state index contributed by atoms with van der Waals surface area (Å²) >= 11 is 7.18. The van der Waals surface area contributed by atoms with E-state index in [1.54, 1.807) is 24.3 Å². The molecule has 122 valence electrons. The van der Waals surface area contributed by atoms with Crippen molar-refractivity contribution in [1.82, 2.24) is 10.2 Å². The summed E-state index contributed by atoms with van der Waals surface area (Å²) in [6.07, 6.45) is 0. The number of hydrogen-bond donors (Lipinski definition) is 0. The number of nitrogens with zero attached hydrogens (tertiary/aromatic N) is 2. The summed E-state index contributed by atoms with van der Waals surface area (Å²) in [5.41, 5.74) is 2.52. The van der Waals surface area contributed by atoms with Crippen LogP contribution in [0.3, 0.4) is 0 Å². The minimum atomic E-state index is -0.353. The Morgan fingerprint density at radius 2 is 1.96 bits per heavy atom. The smallest absolute Gasteiger partial charge is 0.277 e. The van der Waals surface area contributed by atoms with E-state index in [-0.39, 0.29) is 11.0 Å². The number of thioether (sulfide) groups is 1. The van der Waals surface area contributed by atoms with Crippen molar-refractivity contribution in [2.75, 3.05) is 0 Å². The zero-order valence-corrected chi connectivity index (χ0v) is 14.8. The molecule has 4 nitrogen and oxygen atoms in total. The molecule has 1 aromatic heterocycles. The SMILES string of the molecule is Cc1ccccc1-c1nnc(S[C@H](C)C(=O)c2cccc(Cl)c2)o1. The van der Waals surface area contributed by atoms with Gasteiger partial charge in [-0.2, -0.15) is 0 Å². The number of rotatable bonds is 5. The quantitative estimate of drug-likeness (QED) is 0.471. The molecule has 6 heteroatoms. The molecular formula is C18H15ClN2O2S. The Balaban J connectivity index is 1.75. The van der Waals surface area contributed by atoms with Gasteiger partial charge in [0.15, 0.2) is 5.78 Å². The Hall–Kier alpha value is -2.11. The molecule has 0 saturated carbocycles. The summed E-state index contributed by atoms with van der Waals surface area (Å²) in [6, 6.07) is 14.7. The fourth-order valence-electron chi connectivity index (χ4n) is 2.26. The first-order valence-electron chi connectivity index (χ1n) is 7.40. The van der Waals surface area contributed by atoms with Crippen LogP contribution in [0.25, 0.3) is 11.5 Å². The predicted molar refractivity (Wildman–Crippen MR) is 95.6 cm³/mol. The molecule has 0 amide bonds. The largest absolute Gasteiger partial charge is 0.411 e. The predicted octanol–water partition coefficient (Wildman–Crippen LogP) is 5.06. The van der Waals surface area contributed by atoms with Gasteiger partial charge in [0.1, 0.15) is 0 Å². The van der Waals surface area contributed by atoms with Crippen molar-refractivity contribution in [2.24, 2.45) is 0 Å². The second-order valence-corrected chi connectivity index (χ2v) is 7.05. The van der Waals surface area contributed by atoms with E-state index in [0.29, 0.717) is 21.7 Å². The number of carbonyl (C=O) groups is 1. The van der Waals surface area contributed by atoms with Crippen LogP contribution in [0.5, 0.6) is 0 Å². The van der Waals surface area contributed by atoms with Crippen LogP contribution < -0.4 is 0 Å². The first-order chi connectivity index (χ1) is 11.5. The van der Waals surface area contributed by atoms with Gasteiger partial charge in [0.25, 0.3) is 5.22 Å². The molecule has 0 spiro atoms. The zero-order valence-electron chi connectivity index (χ0n) is 13.2. The molecule has 0 unspecified atom stereocenters. The molecule has 0 saturated heterocycles. The summed E-state index contributed by atoms with van der Waals surface area (Å²) in [7, 11) is 0. The molecule has 0 aliphatic rings. The Bertz CT molecular complexity index is 879. The van der Waals surface area contributed by atoms with Gasteiger partial charge in [-0.05, 0) is 37.6 Å². The number of ketones is 1. The number of carbonyl (C=O) groups excluding carboxylic acids is 1. The molecule has 0 bridgehead atoms. The molecule has 24 heavy (non-hydrogen) atoms. The van der Waals surface area contributed by atoms with Gasteiger partial charge in [0.2, 0.25) is 5.89 Å². The standard InChI is InChI=1S/C18H15ClN2O2S/c1-11-6-3-4-9-15(11)17-20-21-18(23-17)24-12(2)16(22)13-7-5-8-14(19)10-13/h3-10,12H,1-2H3/t12-/m1/s1. The van der Waals surface area contributed by atoms with Gasteiger partial charge in [-0.15, -0.1) is 10.2 Å². The highest BCUT2D eigenvalue weighted by atomic mass is 35.5. The molecule has 1 heterocycles. The summed E-state index contributed by atoms with van der Waals surface area (Å²) in [6.45, 7) is 3.79. The van der Waals surface area contributed by atoms with Gasteiger partial charge >= 0.3 is 0 Å². The third-order valence-electron chi connectivity index (χ3n) is 3.54. The minimum absolute atomic E-state index is 0.0295. The van der Waals surface area contributed by atoms with Crippen molar-refractivity contribution in [3.8, 4) is 11.5 Å². The van der Waals surface area contributed by atoms with Crippen molar-refractivity contribution in [2.45, 2.75) is 24.3 Å². The van der Waals surface area contributed by atoms with Gasteiger partial charge in [0, 0.05) is 16.1 Å². The van der Waals surface area contributed by atoms with Crippen molar-refractivity contribution in [3.05, 3.63) is 64.7 Å². The fourth-order valence-corrected chi connectivity index (χ4v) is 3.21. The van der Waals surface area contributed by atoms with Gasteiger partial charge in [-0.1, -0.05) is 53.7 Å². The molecule has 0 aliphatic carbocycles. The van der Waals surface area contributed by atoms with Crippen molar-refractivity contribution < 1.29 is 9.21 Å². The molecule has 0 radical (unpaired) electrons. The molecule has 3 aromatic rings. The highest BCUT2D eigenvalue weighted by molar-refractivity contribution is 8.00. The molecule has 3 rings (SSSR count). The Labute approximate surface area is 149 Å². The van der Waals surface area contributed by atoms with Crippen LogP contribution in [0.2, 0.25) is 5.02 Å². The number of Topliss-reactive ketones (excluding diaryl/α,β-unsaturated/α-hetero) is 1. The first kappa shape index (κ1) is 16.7. The number of aryl methyl sites for hydroxylation is 1. The van der Waals surface area contributed by atoms with Gasteiger partial charge in [-0.25, -0.2) is 0 Å². The van der Waals surface area contributed by atoms with Gasteiger partial charge < -0.3 is 4.42 Å². The maximum atomic E-state index is 12.5. The number of hydrogen-bond acceptors (Lipinski definition) is 5. The lowest BCUT2D eigenvalue weighted by atomic mass is 10.1. The lowest BCUT2D eigenvalue weighted by Gasteiger charge is -2.07. The van der Waals surface area contributed by atoms with Crippen molar-refractivity contribution in [3.63, 3.8) is 0 Å². The third kappa shape index (κ3) is 3.68. The lowest BCUT2D eigenvalue weighted by Crippen LogP contribution is -2.13. The van der Waals surface area contributed by atoms with E-state index < -0.39 is 0 Å². The molecule has 1 atom stereocenters. The van der Waals surface area contributed by atoms with Crippen LogP contribution in [-0.2, 0) is 0 Å². The van der Waals surface area contributed by atoms with Crippen LogP contribution in [0.15, 0.2) is 58.2 Å². The van der Waals surface area contributed by atoms with E-state index in [1.165, 1.54) is 11.8 Å². The summed E-state index contributed by atoms with van der Waals surface area (Å²) in [4.78, 5) is 12.5. The second kappa shape index (κ2) is 7.20. The van der Waals surface area contributed by atoms with E-state index in [9.17, 15) is 4.79 Å². The van der Waals surface area contributed by atoms with Crippen LogP contribution in [0.4, 0.5) is 0 Å². The van der Waals surface area contributed by atoms with E-state index in [0.717, 1.165) is 11.1 Å². The lowest BCUT2D eigenvalue weighted by molar-refractivity contribution is 0.0993. The molecule has 0 aliphatic heterocycles. The van der Waals surface area contributed by atoms with Crippen LogP contribution in [0.1, 0.15) is 22.8 Å². The van der Waals surface area contributed by atoms with Crippen LogP contribution in [0, 0.1) is 6.92 Å². The van der Waals surface area contributed by atoms with Crippen molar-refractivity contribution in [1.29, 1.82) is 0 Å². The number of halogens is 1. The van der Waals surface area contributed by atoms with E-state index >= 15 is 0 Å². The van der Waals surface area contributed by atoms with Crippen molar-refractivity contribution >= 4 is 29.1 Å². The van der Waals surface area contributed by atoms with E-state index in [1.807, 2.05) is 38.1 Å². The number of aromatic nitrogens is 2. The molecule has 2 aromatic carbocycles. The van der Waals surface area contributed by atoms with E-state index in [4.69, 9.17) is 16.0 Å². The Morgan fingerprint density at radius 1 is 1.17 bits per heavy atom. The monoisotopic (exact) mass is 358 g/mol. The summed E-state index contributed by atoms with van der Waals surface area (Å²) < 4.78 is 5.69. The average molecular weight is 359 g/mol. The van der Waals surface area contributed by atoms with Gasteiger partial charge in [0.05, 0.1) is 5.25 Å². The van der Waals surface area contributed by atoms with Crippen LogP contribution >= 0.6 is 23.4 Å². The highest BCUT2D eigenvalue weighted by Gasteiger charge is 2.20. The zero-order chi connectivity index (χ0) is 17.1. The van der Waals surface area contributed by atoms with Gasteiger partial charge in [-0.3, -0.25) is 4.79 Å². The molecule has 0 N–H and O–H groups in total. The maximum absolute atomic E-state index is 12.5. The summed E-state index contributed by atoms with van der Waals surface area (Å²) in [5.74, 6) is 0.427. The fraction of sp³-hybridized carbons (Fsp3) is 0.167. The highest BCUT2D eigenvalue weighted by Crippen LogP contribution is 2.29. The third-order valence-corrected chi connectivity index (χ3v) is 4.71. The minimum Gasteiger partial charge on any atom is -0.411 e. The number of benzene rings is 2. The first-order valence-corrected chi connectivity index (χ1v) is 8.66. The topological polar surface area (TPSA) is 56.0 Å². The molecule has 0 fully saturated rings. The Morgan fingerprint density at radius 3 is 2.71 bits per heavy atom. The summed E-state index contributed by atoms with van der Waals surface area (Å²) in [5, 5.41) is 8.67. The van der Waals surface area contributed by atoms with E-state index in [2.05, 4.69) is 10.2 Å². The molecular weight excluding hydrogens is 344 g/mol.